The van der Waals surface area contributed by atoms with Crippen LogP contribution in [-0.4, -0.2) is 19.6 Å². The SMILES string of the molecule is CC[C@@H](C(=O)NC[C@@H](OC)c1cccc(F)c1)c1ccccc1. The van der Waals surface area contributed by atoms with Crippen LogP contribution in [0, 0.1) is 5.82 Å². The minimum atomic E-state index is -0.372. The van der Waals surface area contributed by atoms with Crippen molar-refractivity contribution < 1.29 is 13.9 Å². The van der Waals surface area contributed by atoms with Crippen molar-refractivity contribution in [1.82, 2.24) is 5.32 Å². The molecule has 122 valence electrons. The molecular formula is C19H22FNO2. The van der Waals surface area contributed by atoms with Gasteiger partial charge in [0, 0.05) is 13.7 Å². The van der Waals surface area contributed by atoms with Gasteiger partial charge in [0.15, 0.2) is 0 Å². The van der Waals surface area contributed by atoms with Crippen molar-refractivity contribution in [1.29, 1.82) is 0 Å². The Balaban J connectivity index is 2.01. The van der Waals surface area contributed by atoms with E-state index < -0.39 is 0 Å². The molecule has 1 N–H and O–H groups in total. The van der Waals surface area contributed by atoms with Gasteiger partial charge in [-0.2, -0.15) is 0 Å². The third-order valence-corrected chi connectivity index (χ3v) is 3.89. The number of benzene rings is 2. The summed E-state index contributed by atoms with van der Waals surface area (Å²) in [7, 11) is 1.55. The lowest BCUT2D eigenvalue weighted by atomic mass is 9.95. The number of nitrogens with one attached hydrogen (secondary N) is 1. The molecule has 2 aromatic rings. The molecule has 4 heteroatoms. The van der Waals surface area contributed by atoms with Crippen LogP contribution >= 0.6 is 0 Å². The summed E-state index contributed by atoms with van der Waals surface area (Å²) in [5.74, 6) is -0.551. The van der Waals surface area contributed by atoms with Crippen LogP contribution < -0.4 is 5.32 Å². The average Bonchev–Trinajstić information content (AvgIpc) is 2.57. The van der Waals surface area contributed by atoms with E-state index in [1.807, 2.05) is 37.3 Å². The lowest BCUT2D eigenvalue weighted by Crippen LogP contribution is -2.33. The van der Waals surface area contributed by atoms with Crippen LogP contribution in [0.4, 0.5) is 4.39 Å². The Hall–Kier alpha value is -2.20. The monoisotopic (exact) mass is 315 g/mol. The molecule has 0 bridgehead atoms. The number of hydrogen-bond acceptors (Lipinski definition) is 2. The topological polar surface area (TPSA) is 38.3 Å². The van der Waals surface area contributed by atoms with Crippen molar-refractivity contribution in [3.05, 3.63) is 71.5 Å². The Bertz CT molecular complexity index is 630. The lowest BCUT2D eigenvalue weighted by Gasteiger charge is -2.20. The van der Waals surface area contributed by atoms with E-state index in [9.17, 15) is 9.18 Å². The van der Waals surface area contributed by atoms with Crippen LogP contribution in [0.2, 0.25) is 0 Å². The first kappa shape index (κ1) is 17.2. The average molecular weight is 315 g/mol. The van der Waals surface area contributed by atoms with Crippen LogP contribution in [0.1, 0.15) is 36.5 Å². The summed E-state index contributed by atoms with van der Waals surface area (Å²) in [5.41, 5.74) is 1.70. The zero-order chi connectivity index (χ0) is 16.7. The lowest BCUT2D eigenvalue weighted by molar-refractivity contribution is -0.123. The third kappa shape index (κ3) is 4.63. The van der Waals surface area contributed by atoms with Crippen molar-refractivity contribution in [3.8, 4) is 0 Å². The van der Waals surface area contributed by atoms with Crippen molar-refractivity contribution in [2.24, 2.45) is 0 Å². The largest absolute Gasteiger partial charge is 0.375 e. The van der Waals surface area contributed by atoms with Crippen molar-refractivity contribution in [3.63, 3.8) is 0 Å². The number of carbonyl (C=O) groups excluding carboxylic acids is 1. The van der Waals surface area contributed by atoms with E-state index >= 15 is 0 Å². The maximum absolute atomic E-state index is 13.3. The van der Waals surface area contributed by atoms with E-state index in [0.29, 0.717) is 18.5 Å². The fraction of sp³-hybridized carbons (Fsp3) is 0.316. The van der Waals surface area contributed by atoms with E-state index in [2.05, 4.69) is 5.32 Å². The minimum Gasteiger partial charge on any atom is -0.375 e. The van der Waals surface area contributed by atoms with Crippen molar-refractivity contribution in [2.75, 3.05) is 13.7 Å². The highest BCUT2D eigenvalue weighted by Crippen LogP contribution is 2.21. The number of carbonyl (C=O) groups is 1. The summed E-state index contributed by atoms with van der Waals surface area (Å²) in [4.78, 5) is 12.5. The molecule has 23 heavy (non-hydrogen) atoms. The summed E-state index contributed by atoms with van der Waals surface area (Å²) < 4.78 is 18.7. The van der Waals surface area contributed by atoms with Gasteiger partial charge in [0.25, 0.3) is 0 Å². The molecule has 2 atom stereocenters. The van der Waals surface area contributed by atoms with Gasteiger partial charge in [-0.1, -0.05) is 49.4 Å². The van der Waals surface area contributed by atoms with Gasteiger partial charge in [-0.25, -0.2) is 4.39 Å². The van der Waals surface area contributed by atoms with Crippen molar-refractivity contribution in [2.45, 2.75) is 25.4 Å². The zero-order valence-corrected chi connectivity index (χ0v) is 13.5. The normalized spacial score (nSPS) is 13.3. The second-order valence-electron chi connectivity index (χ2n) is 5.40. The van der Waals surface area contributed by atoms with E-state index in [1.165, 1.54) is 12.1 Å². The van der Waals surface area contributed by atoms with Crippen LogP contribution in [-0.2, 0) is 9.53 Å². The van der Waals surface area contributed by atoms with Crippen LogP contribution in [0.25, 0.3) is 0 Å². The number of rotatable bonds is 7. The van der Waals surface area contributed by atoms with Crippen molar-refractivity contribution >= 4 is 5.91 Å². The molecule has 0 fully saturated rings. The maximum Gasteiger partial charge on any atom is 0.227 e. The summed E-state index contributed by atoms with van der Waals surface area (Å²) in [6.45, 7) is 2.29. The van der Waals surface area contributed by atoms with E-state index in [-0.39, 0.29) is 23.7 Å². The molecule has 0 saturated carbocycles. The predicted octanol–water partition coefficient (Wildman–Crippen LogP) is 3.82. The first-order chi connectivity index (χ1) is 11.2. The van der Waals surface area contributed by atoms with Crippen LogP contribution in [0.15, 0.2) is 54.6 Å². The summed E-state index contributed by atoms with van der Waals surface area (Å²) >= 11 is 0. The second-order valence-corrected chi connectivity index (χ2v) is 5.40. The van der Waals surface area contributed by atoms with E-state index in [1.54, 1.807) is 19.2 Å². The third-order valence-electron chi connectivity index (χ3n) is 3.89. The zero-order valence-electron chi connectivity index (χ0n) is 13.5. The van der Waals surface area contributed by atoms with Gasteiger partial charge < -0.3 is 10.1 Å². The number of methoxy groups -OCH3 is 1. The Kier molecular flexibility index (Phi) is 6.29. The Morgan fingerprint density at radius 1 is 1.13 bits per heavy atom. The van der Waals surface area contributed by atoms with Gasteiger partial charge >= 0.3 is 0 Å². The van der Waals surface area contributed by atoms with Gasteiger partial charge in [0.2, 0.25) is 5.91 Å². The van der Waals surface area contributed by atoms with Crippen LogP contribution in [0.3, 0.4) is 0 Å². The molecular weight excluding hydrogens is 293 g/mol. The molecule has 0 aliphatic rings. The minimum absolute atomic E-state index is 0.0443. The van der Waals surface area contributed by atoms with Gasteiger partial charge in [0.05, 0.1) is 12.0 Å². The molecule has 0 aliphatic carbocycles. The number of halogens is 1. The first-order valence-electron chi connectivity index (χ1n) is 7.76. The molecule has 0 radical (unpaired) electrons. The predicted molar refractivity (Wildman–Crippen MR) is 88.6 cm³/mol. The summed E-state index contributed by atoms with van der Waals surface area (Å²) in [6.07, 6.45) is 0.343. The molecule has 3 nitrogen and oxygen atoms in total. The maximum atomic E-state index is 13.3. The highest BCUT2D eigenvalue weighted by Gasteiger charge is 2.20. The van der Waals surface area contributed by atoms with Gasteiger partial charge in [0.1, 0.15) is 5.82 Å². The fourth-order valence-electron chi connectivity index (χ4n) is 2.62. The van der Waals surface area contributed by atoms with Gasteiger partial charge in [-0.3, -0.25) is 4.79 Å². The number of hydrogen-bond donors (Lipinski definition) is 1. The quantitative estimate of drug-likeness (QED) is 0.843. The summed E-state index contributed by atoms with van der Waals surface area (Å²) in [6, 6.07) is 15.9. The molecule has 0 aliphatic heterocycles. The Labute approximate surface area is 136 Å². The Morgan fingerprint density at radius 2 is 1.83 bits per heavy atom. The van der Waals surface area contributed by atoms with Gasteiger partial charge in [-0.15, -0.1) is 0 Å². The molecule has 0 aromatic heterocycles. The van der Waals surface area contributed by atoms with E-state index in [4.69, 9.17) is 4.74 Å². The molecule has 0 saturated heterocycles. The first-order valence-corrected chi connectivity index (χ1v) is 7.76. The molecule has 1 amide bonds. The summed E-state index contributed by atoms with van der Waals surface area (Å²) in [5, 5.41) is 2.91. The second kappa shape index (κ2) is 8.44. The molecule has 2 aromatic carbocycles. The highest BCUT2D eigenvalue weighted by molar-refractivity contribution is 5.83. The Morgan fingerprint density at radius 3 is 2.43 bits per heavy atom. The molecule has 0 spiro atoms. The molecule has 2 rings (SSSR count). The van der Waals surface area contributed by atoms with Gasteiger partial charge in [-0.05, 0) is 29.7 Å². The molecule has 0 unspecified atom stereocenters. The smallest absolute Gasteiger partial charge is 0.227 e. The van der Waals surface area contributed by atoms with Crippen LogP contribution in [0.5, 0.6) is 0 Å². The molecule has 0 heterocycles. The fourth-order valence-corrected chi connectivity index (χ4v) is 2.62. The standard InChI is InChI=1S/C19H22FNO2/c1-3-17(14-8-5-4-6-9-14)19(22)21-13-18(23-2)15-10-7-11-16(20)12-15/h4-12,17-18H,3,13H2,1-2H3,(H,21,22)/t17-,18-/m1/s1. The highest BCUT2D eigenvalue weighted by atomic mass is 19.1. The van der Waals surface area contributed by atoms with E-state index in [0.717, 1.165) is 5.56 Å². The number of amides is 1. The number of ether oxygens (including phenoxy) is 1.